The summed E-state index contributed by atoms with van der Waals surface area (Å²) in [6.07, 6.45) is 1.54. The van der Waals surface area contributed by atoms with Gasteiger partial charge < -0.3 is 5.11 Å². The lowest BCUT2D eigenvalue weighted by Crippen LogP contribution is -2.29. The summed E-state index contributed by atoms with van der Waals surface area (Å²) in [5.41, 5.74) is 2.66. The van der Waals surface area contributed by atoms with Crippen molar-refractivity contribution in [2.75, 3.05) is 4.90 Å². The molecule has 1 aromatic heterocycles. The molecule has 1 atom stereocenters. The van der Waals surface area contributed by atoms with E-state index in [-0.39, 0.29) is 17.0 Å². The van der Waals surface area contributed by atoms with Gasteiger partial charge in [0.1, 0.15) is 17.6 Å². The van der Waals surface area contributed by atoms with Crippen molar-refractivity contribution >= 4 is 23.1 Å². The van der Waals surface area contributed by atoms with Crippen LogP contribution in [0.15, 0.2) is 72.4 Å². The number of ketones is 1. The number of anilines is 1. The second-order valence-electron chi connectivity index (χ2n) is 7.22. The van der Waals surface area contributed by atoms with Crippen molar-refractivity contribution in [2.45, 2.75) is 19.9 Å². The number of carbonyl (C=O) groups is 2. The van der Waals surface area contributed by atoms with Gasteiger partial charge in [-0.05, 0) is 55.8 Å². The van der Waals surface area contributed by atoms with Crippen molar-refractivity contribution in [3.05, 3.63) is 101 Å². The number of aliphatic hydroxyl groups excluding tert-OH is 1. The molecule has 150 valence electrons. The quantitative estimate of drug-likeness (QED) is 0.399. The van der Waals surface area contributed by atoms with E-state index in [1.54, 1.807) is 36.5 Å². The van der Waals surface area contributed by atoms with Crippen molar-refractivity contribution in [3.8, 4) is 0 Å². The Bertz CT molecular complexity index is 1190. The number of rotatable bonds is 3. The van der Waals surface area contributed by atoms with E-state index in [9.17, 15) is 19.1 Å². The maximum absolute atomic E-state index is 13.9. The van der Waals surface area contributed by atoms with Gasteiger partial charge in [0.15, 0.2) is 0 Å². The molecular formula is C24H19FN2O3. The Balaban J connectivity index is 1.98. The average molecular weight is 402 g/mol. The molecule has 6 heteroatoms. The Morgan fingerprint density at radius 1 is 1.03 bits per heavy atom. The summed E-state index contributed by atoms with van der Waals surface area (Å²) in [5.74, 6) is -2.50. The maximum Gasteiger partial charge on any atom is 0.300 e. The van der Waals surface area contributed by atoms with E-state index in [4.69, 9.17) is 0 Å². The number of pyridine rings is 1. The molecule has 4 rings (SSSR count). The molecule has 1 aliphatic rings. The molecule has 1 amide bonds. The number of benzene rings is 2. The molecule has 0 saturated carbocycles. The number of hydrogen-bond acceptors (Lipinski definition) is 4. The van der Waals surface area contributed by atoms with Crippen LogP contribution in [0.4, 0.5) is 10.1 Å². The van der Waals surface area contributed by atoms with Crippen LogP contribution < -0.4 is 4.90 Å². The first-order valence-electron chi connectivity index (χ1n) is 9.43. The molecule has 2 heterocycles. The van der Waals surface area contributed by atoms with Gasteiger partial charge in [-0.25, -0.2) is 4.39 Å². The largest absolute Gasteiger partial charge is 0.507 e. The fourth-order valence-electron chi connectivity index (χ4n) is 3.68. The summed E-state index contributed by atoms with van der Waals surface area (Å²) < 4.78 is 13.9. The Labute approximate surface area is 173 Å². The average Bonchev–Trinajstić information content (AvgIpc) is 3.01. The van der Waals surface area contributed by atoms with Crippen LogP contribution >= 0.6 is 0 Å². The number of aryl methyl sites for hydroxylation is 2. The van der Waals surface area contributed by atoms with Gasteiger partial charge in [0.25, 0.3) is 11.7 Å². The molecule has 1 fully saturated rings. The highest BCUT2D eigenvalue weighted by Gasteiger charge is 2.47. The third kappa shape index (κ3) is 3.26. The van der Waals surface area contributed by atoms with E-state index in [0.29, 0.717) is 11.3 Å². The zero-order valence-electron chi connectivity index (χ0n) is 16.5. The molecule has 0 bridgehead atoms. The molecule has 1 aliphatic heterocycles. The molecule has 5 nitrogen and oxygen atoms in total. The van der Waals surface area contributed by atoms with Crippen LogP contribution in [0.5, 0.6) is 0 Å². The lowest BCUT2D eigenvalue weighted by Gasteiger charge is -2.24. The number of Topliss-reactive ketones (excluding diaryl/α,β-unsaturated/α-hetero) is 1. The van der Waals surface area contributed by atoms with Crippen LogP contribution in [0, 0.1) is 19.7 Å². The third-order valence-corrected chi connectivity index (χ3v) is 5.15. The zero-order valence-corrected chi connectivity index (χ0v) is 16.5. The van der Waals surface area contributed by atoms with Crippen molar-refractivity contribution in [2.24, 2.45) is 0 Å². The Morgan fingerprint density at radius 3 is 2.53 bits per heavy atom. The predicted octanol–water partition coefficient (Wildman–Crippen LogP) is 4.46. The highest BCUT2D eigenvalue weighted by molar-refractivity contribution is 6.51. The standard InChI is InChI=1S/C24H19FN2O3/c1-14-9-10-15(2)18(12-14)22(28)20-21(19-8-3-4-11-26-19)27(24(30)23(20)29)17-7-5-6-16(25)13-17/h3-13,21,28H,1-2H3/b22-20+. The van der Waals surface area contributed by atoms with Crippen LogP contribution in [0.3, 0.4) is 0 Å². The minimum absolute atomic E-state index is 0.0725. The van der Waals surface area contributed by atoms with Crippen LogP contribution in [-0.4, -0.2) is 21.8 Å². The number of amides is 1. The van der Waals surface area contributed by atoms with Crippen molar-refractivity contribution in [3.63, 3.8) is 0 Å². The highest BCUT2D eigenvalue weighted by Crippen LogP contribution is 2.41. The number of nitrogens with zero attached hydrogens (tertiary/aromatic N) is 2. The monoisotopic (exact) mass is 402 g/mol. The number of halogens is 1. The smallest absolute Gasteiger partial charge is 0.300 e. The van der Waals surface area contributed by atoms with Crippen LogP contribution in [0.2, 0.25) is 0 Å². The second kappa shape index (κ2) is 7.55. The molecule has 2 aromatic carbocycles. The predicted molar refractivity (Wildman–Crippen MR) is 111 cm³/mol. The minimum atomic E-state index is -0.979. The van der Waals surface area contributed by atoms with Gasteiger partial charge in [-0.1, -0.05) is 29.8 Å². The fraction of sp³-hybridized carbons (Fsp3) is 0.125. The van der Waals surface area contributed by atoms with E-state index in [1.165, 1.54) is 23.1 Å². The topological polar surface area (TPSA) is 70.5 Å². The molecule has 1 saturated heterocycles. The SMILES string of the molecule is Cc1ccc(C)c(/C(O)=C2\C(=O)C(=O)N(c3cccc(F)c3)C2c2ccccn2)c1. The Morgan fingerprint density at radius 2 is 1.83 bits per heavy atom. The van der Waals surface area contributed by atoms with Gasteiger partial charge in [0.2, 0.25) is 0 Å². The first kappa shape index (κ1) is 19.5. The van der Waals surface area contributed by atoms with Gasteiger partial charge in [0.05, 0.1) is 11.3 Å². The van der Waals surface area contributed by atoms with Gasteiger partial charge in [-0.15, -0.1) is 0 Å². The fourth-order valence-corrected chi connectivity index (χ4v) is 3.68. The zero-order chi connectivity index (χ0) is 21.4. The summed E-state index contributed by atoms with van der Waals surface area (Å²) in [7, 11) is 0. The van der Waals surface area contributed by atoms with Gasteiger partial charge in [0, 0.05) is 17.4 Å². The normalized spacial score (nSPS) is 18.1. The summed E-state index contributed by atoms with van der Waals surface area (Å²) in [5, 5.41) is 11.1. The molecule has 1 unspecified atom stereocenters. The molecule has 0 aliphatic carbocycles. The summed E-state index contributed by atoms with van der Waals surface area (Å²) in [6, 6.07) is 15.1. The van der Waals surface area contributed by atoms with E-state index < -0.39 is 23.5 Å². The molecule has 0 radical (unpaired) electrons. The second-order valence-corrected chi connectivity index (χ2v) is 7.22. The highest BCUT2D eigenvalue weighted by atomic mass is 19.1. The van der Waals surface area contributed by atoms with Crippen LogP contribution in [0.25, 0.3) is 5.76 Å². The number of hydrogen-bond donors (Lipinski definition) is 1. The number of aliphatic hydroxyl groups is 1. The van der Waals surface area contributed by atoms with Crippen LogP contribution in [-0.2, 0) is 9.59 Å². The van der Waals surface area contributed by atoms with Gasteiger partial charge >= 0.3 is 0 Å². The maximum atomic E-state index is 13.9. The molecule has 0 spiro atoms. The van der Waals surface area contributed by atoms with Gasteiger partial charge in [-0.3, -0.25) is 19.5 Å². The van der Waals surface area contributed by atoms with Crippen molar-refractivity contribution < 1.29 is 19.1 Å². The summed E-state index contributed by atoms with van der Waals surface area (Å²) >= 11 is 0. The van der Waals surface area contributed by atoms with E-state index in [2.05, 4.69) is 4.98 Å². The van der Waals surface area contributed by atoms with Crippen molar-refractivity contribution in [1.29, 1.82) is 0 Å². The van der Waals surface area contributed by atoms with E-state index in [1.807, 2.05) is 26.0 Å². The van der Waals surface area contributed by atoms with E-state index in [0.717, 1.165) is 11.1 Å². The Hall–Kier alpha value is -3.80. The van der Waals surface area contributed by atoms with E-state index >= 15 is 0 Å². The molecular weight excluding hydrogens is 383 g/mol. The summed E-state index contributed by atoms with van der Waals surface area (Å²) in [6.45, 7) is 3.69. The summed E-state index contributed by atoms with van der Waals surface area (Å²) in [4.78, 5) is 31.5. The molecule has 1 N–H and O–H groups in total. The molecule has 30 heavy (non-hydrogen) atoms. The minimum Gasteiger partial charge on any atom is -0.507 e. The lowest BCUT2D eigenvalue weighted by atomic mass is 9.95. The van der Waals surface area contributed by atoms with Crippen LogP contribution in [0.1, 0.15) is 28.4 Å². The lowest BCUT2D eigenvalue weighted by molar-refractivity contribution is -0.132. The van der Waals surface area contributed by atoms with Crippen molar-refractivity contribution in [1.82, 2.24) is 4.98 Å². The first-order chi connectivity index (χ1) is 14.4. The number of carbonyl (C=O) groups excluding carboxylic acids is 2. The number of aromatic nitrogens is 1. The first-order valence-corrected chi connectivity index (χ1v) is 9.43. The molecule has 3 aromatic rings. The van der Waals surface area contributed by atoms with Gasteiger partial charge in [-0.2, -0.15) is 0 Å². The Kier molecular flexibility index (Phi) is 4.91. The third-order valence-electron chi connectivity index (χ3n) is 5.15.